The maximum absolute atomic E-state index is 12.8. The van der Waals surface area contributed by atoms with Crippen LogP contribution in [0.15, 0.2) is 90.5 Å². The minimum absolute atomic E-state index is 0.00757. The Labute approximate surface area is 251 Å². The smallest absolute Gasteiger partial charge is 0.269 e. The highest BCUT2D eigenvalue weighted by atomic mass is 35.5. The van der Waals surface area contributed by atoms with Gasteiger partial charge in [0.25, 0.3) is 11.6 Å². The Morgan fingerprint density at radius 1 is 0.952 bits per heavy atom. The average molecular weight is 604 g/mol. The molecule has 0 saturated heterocycles. The van der Waals surface area contributed by atoms with E-state index < -0.39 is 10.8 Å². The van der Waals surface area contributed by atoms with Gasteiger partial charge in [-0.25, -0.2) is 0 Å². The van der Waals surface area contributed by atoms with Crippen molar-refractivity contribution < 1.29 is 23.9 Å². The van der Waals surface area contributed by atoms with Crippen molar-refractivity contribution in [1.82, 2.24) is 0 Å². The molecule has 0 aliphatic carbocycles. The Hall–Kier alpha value is -5.04. The number of ether oxygens (including phenoxy) is 3. The van der Waals surface area contributed by atoms with Gasteiger partial charge >= 0.3 is 0 Å². The number of nitrogens with one attached hydrogen (secondary N) is 1. The molecule has 4 aromatic rings. The molecule has 42 heavy (non-hydrogen) atoms. The maximum Gasteiger partial charge on any atom is 0.269 e. The van der Waals surface area contributed by atoms with Gasteiger partial charge in [0.05, 0.1) is 12.0 Å². The van der Waals surface area contributed by atoms with Gasteiger partial charge in [-0.1, -0.05) is 35.3 Å². The number of amides is 1. The number of non-ortho nitro benzene ring substituents is 1. The number of anilines is 1. The quantitative estimate of drug-likeness (QED) is 0.0809. The number of nitrogens with zero attached hydrogens (tertiary/aromatic N) is 2. The standard InChI is InChI=1S/C31H23Cl2N3O6/c1-40-30-15-21(4-13-29(30)42-18-20-2-9-26(10-3-20)36(38)39)14-23(17-34)31(37)35-25-7-11-27(12-8-25)41-19-22-5-6-24(32)16-28(22)33/h2-16H,18-19H2,1H3,(H,35,37)/b23-14+. The predicted molar refractivity (Wildman–Crippen MR) is 160 cm³/mol. The van der Waals surface area contributed by atoms with E-state index in [0.29, 0.717) is 38.5 Å². The van der Waals surface area contributed by atoms with Gasteiger partial charge in [0.15, 0.2) is 11.5 Å². The summed E-state index contributed by atoms with van der Waals surface area (Å²) in [4.78, 5) is 23.2. The Morgan fingerprint density at radius 3 is 2.33 bits per heavy atom. The fraction of sp³-hybridized carbons (Fsp3) is 0.0968. The second-order valence-electron chi connectivity index (χ2n) is 8.80. The lowest BCUT2D eigenvalue weighted by Gasteiger charge is -2.12. The molecular formula is C31H23Cl2N3O6. The van der Waals surface area contributed by atoms with Crippen LogP contribution in [0.2, 0.25) is 10.0 Å². The van der Waals surface area contributed by atoms with Gasteiger partial charge in [-0.15, -0.1) is 0 Å². The van der Waals surface area contributed by atoms with Crippen LogP contribution in [-0.2, 0) is 18.0 Å². The van der Waals surface area contributed by atoms with E-state index in [9.17, 15) is 20.2 Å². The topological polar surface area (TPSA) is 124 Å². The number of hydrogen-bond acceptors (Lipinski definition) is 7. The molecule has 0 spiro atoms. The summed E-state index contributed by atoms with van der Waals surface area (Å²) >= 11 is 12.1. The number of halogens is 2. The maximum atomic E-state index is 12.8. The number of nitriles is 1. The van der Waals surface area contributed by atoms with Crippen molar-refractivity contribution in [3.63, 3.8) is 0 Å². The molecule has 0 unspecified atom stereocenters. The molecular weight excluding hydrogens is 581 g/mol. The van der Waals surface area contributed by atoms with Gasteiger partial charge in [-0.05, 0) is 77.9 Å². The highest BCUT2D eigenvalue weighted by molar-refractivity contribution is 6.35. The van der Waals surface area contributed by atoms with Crippen molar-refractivity contribution in [2.75, 3.05) is 12.4 Å². The van der Waals surface area contributed by atoms with Crippen LogP contribution in [0.3, 0.4) is 0 Å². The zero-order valence-corrected chi connectivity index (χ0v) is 23.7. The van der Waals surface area contributed by atoms with E-state index >= 15 is 0 Å². The molecule has 0 saturated carbocycles. The van der Waals surface area contributed by atoms with Crippen LogP contribution in [0, 0.1) is 21.4 Å². The van der Waals surface area contributed by atoms with Crippen molar-refractivity contribution in [1.29, 1.82) is 5.26 Å². The summed E-state index contributed by atoms with van der Waals surface area (Å²) in [6.45, 7) is 0.404. The molecule has 0 radical (unpaired) electrons. The first kappa shape index (κ1) is 29.9. The monoisotopic (exact) mass is 603 g/mol. The van der Waals surface area contributed by atoms with E-state index in [1.807, 2.05) is 6.07 Å². The largest absolute Gasteiger partial charge is 0.493 e. The Bertz CT molecular complexity index is 1670. The van der Waals surface area contributed by atoms with Gasteiger partial charge in [-0.3, -0.25) is 14.9 Å². The van der Waals surface area contributed by atoms with Gasteiger partial charge < -0.3 is 19.5 Å². The summed E-state index contributed by atoms with van der Waals surface area (Å²) in [5, 5.41) is 24.2. The number of carbonyl (C=O) groups is 1. The summed E-state index contributed by atoms with van der Waals surface area (Å²) in [5.41, 5.74) is 2.42. The molecule has 4 rings (SSSR count). The van der Waals surface area contributed by atoms with Crippen LogP contribution >= 0.6 is 23.2 Å². The van der Waals surface area contributed by atoms with E-state index in [0.717, 1.165) is 11.1 Å². The molecule has 1 N–H and O–H groups in total. The number of nitro benzene ring substituents is 1. The summed E-state index contributed by atoms with van der Waals surface area (Å²) in [6.07, 6.45) is 1.44. The second-order valence-corrected chi connectivity index (χ2v) is 9.64. The van der Waals surface area contributed by atoms with E-state index in [2.05, 4.69) is 5.32 Å². The van der Waals surface area contributed by atoms with Crippen LogP contribution in [0.25, 0.3) is 6.08 Å². The Morgan fingerprint density at radius 2 is 1.69 bits per heavy atom. The first-order chi connectivity index (χ1) is 20.2. The van der Waals surface area contributed by atoms with Crippen molar-refractivity contribution in [2.45, 2.75) is 13.2 Å². The summed E-state index contributed by atoms with van der Waals surface area (Å²) in [5.74, 6) is 0.796. The lowest BCUT2D eigenvalue weighted by Crippen LogP contribution is -2.13. The molecule has 0 aliphatic heterocycles. The number of methoxy groups -OCH3 is 1. The zero-order chi connectivity index (χ0) is 30.1. The fourth-order valence-corrected chi connectivity index (χ4v) is 4.18. The van der Waals surface area contributed by atoms with Crippen molar-refractivity contribution >= 4 is 46.6 Å². The fourth-order valence-electron chi connectivity index (χ4n) is 3.72. The summed E-state index contributed by atoms with van der Waals surface area (Å²) < 4.78 is 17.0. The lowest BCUT2D eigenvalue weighted by molar-refractivity contribution is -0.384. The van der Waals surface area contributed by atoms with Crippen LogP contribution in [-0.4, -0.2) is 17.9 Å². The summed E-state index contributed by atoms with van der Waals surface area (Å²) in [6, 6.07) is 24.8. The van der Waals surface area contributed by atoms with Crippen molar-refractivity contribution in [3.05, 3.63) is 127 Å². The molecule has 1 amide bonds. The minimum Gasteiger partial charge on any atom is -0.493 e. The van der Waals surface area contributed by atoms with E-state index in [1.54, 1.807) is 72.8 Å². The highest BCUT2D eigenvalue weighted by Crippen LogP contribution is 2.30. The molecule has 0 aliphatic rings. The molecule has 0 aromatic heterocycles. The number of carbonyl (C=O) groups excluding carboxylic acids is 1. The Kier molecular flexibility index (Phi) is 10.0. The molecule has 11 heteroatoms. The highest BCUT2D eigenvalue weighted by Gasteiger charge is 2.12. The molecule has 0 bridgehead atoms. The van der Waals surface area contributed by atoms with Gasteiger partial charge in [0, 0.05) is 33.4 Å². The van der Waals surface area contributed by atoms with E-state index in [-0.39, 0.29) is 24.5 Å². The SMILES string of the molecule is COc1cc(/C=C(\C#N)C(=O)Nc2ccc(OCc3ccc(Cl)cc3Cl)cc2)ccc1OCc1ccc([N+](=O)[O-])cc1. The second kappa shape index (κ2) is 14.0. The van der Waals surface area contributed by atoms with Gasteiger partial charge in [0.1, 0.15) is 30.6 Å². The van der Waals surface area contributed by atoms with Gasteiger partial charge in [0.2, 0.25) is 0 Å². The number of hydrogen-bond donors (Lipinski definition) is 1. The van der Waals surface area contributed by atoms with Crippen LogP contribution in [0.4, 0.5) is 11.4 Å². The Balaban J connectivity index is 1.37. The molecule has 9 nitrogen and oxygen atoms in total. The summed E-state index contributed by atoms with van der Waals surface area (Å²) in [7, 11) is 1.47. The van der Waals surface area contributed by atoms with Crippen molar-refractivity contribution in [2.24, 2.45) is 0 Å². The molecule has 4 aromatic carbocycles. The third-order valence-electron chi connectivity index (χ3n) is 5.93. The predicted octanol–water partition coefficient (Wildman–Crippen LogP) is 7.61. The number of benzene rings is 4. The first-order valence-electron chi connectivity index (χ1n) is 12.4. The lowest BCUT2D eigenvalue weighted by atomic mass is 10.1. The van der Waals surface area contributed by atoms with Gasteiger partial charge in [-0.2, -0.15) is 5.26 Å². The molecule has 0 heterocycles. The number of rotatable bonds is 11. The molecule has 0 fully saturated rings. The van der Waals surface area contributed by atoms with Crippen LogP contribution in [0.5, 0.6) is 17.2 Å². The molecule has 212 valence electrons. The van der Waals surface area contributed by atoms with Crippen molar-refractivity contribution in [3.8, 4) is 23.3 Å². The zero-order valence-electron chi connectivity index (χ0n) is 22.2. The van der Waals surface area contributed by atoms with Crippen LogP contribution < -0.4 is 19.5 Å². The first-order valence-corrected chi connectivity index (χ1v) is 13.2. The average Bonchev–Trinajstić information content (AvgIpc) is 2.99. The minimum atomic E-state index is -0.587. The van der Waals surface area contributed by atoms with E-state index in [4.69, 9.17) is 37.4 Å². The number of nitro groups is 1. The third kappa shape index (κ3) is 8.01. The normalized spacial score (nSPS) is 10.9. The van der Waals surface area contributed by atoms with E-state index in [1.165, 1.54) is 25.3 Å². The molecule has 0 atom stereocenters. The third-order valence-corrected chi connectivity index (χ3v) is 6.51. The van der Waals surface area contributed by atoms with Crippen LogP contribution in [0.1, 0.15) is 16.7 Å².